The Bertz CT molecular complexity index is 708. The fourth-order valence-corrected chi connectivity index (χ4v) is 2.37. The van der Waals surface area contributed by atoms with Gasteiger partial charge in [0.05, 0.1) is 11.9 Å². The number of hydrogen-bond donors (Lipinski definition) is 1. The van der Waals surface area contributed by atoms with E-state index in [1.54, 1.807) is 16.9 Å². The molecule has 0 aromatic carbocycles. The van der Waals surface area contributed by atoms with Gasteiger partial charge in [-0.1, -0.05) is 0 Å². The van der Waals surface area contributed by atoms with Gasteiger partial charge in [-0.15, -0.1) is 0 Å². The van der Waals surface area contributed by atoms with Crippen LogP contribution in [0.25, 0.3) is 11.3 Å². The van der Waals surface area contributed by atoms with Gasteiger partial charge in [-0.25, -0.2) is 18.4 Å². The van der Waals surface area contributed by atoms with E-state index in [4.69, 9.17) is 0 Å². The Hall–Kier alpha value is -1.96. The number of sulfone groups is 1. The Morgan fingerprint density at radius 1 is 1.35 bits per heavy atom. The van der Waals surface area contributed by atoms with Gasteiger partial charge in [0.25, 0.3) is 0 Å². The summed E-state index contributed by atoms with van der Waals surface area (Å²) in [5.41, 5.74) is 1.48. The zero-order valence-electron chi connectivity index (χ0n) is 11.7. The third-order valence-corrected chi connectivity index (χ3v) is 3.30. The van der Waals surface area contributed by atoms with Crippen molar-refractivity contribution in [3.05, 3.63) is 24.3 Å². The van der Waals surface area contributed by atoms with E-state index < -0.39 is 9.84 Å². The molecule has 0 bridgehead atoms. The van der Waals surface area contributed by atoms with E-state index in [2.05, 4.69) is 20.4 Å². The second kappa shape index (κ2) is 5.58. The summed E-state index contributed by atoms with van der Waals surface area (Å²) in [6.07, 6.45) is 4.67. The third-order valence-electron chi connectivity index (χ3n) is 2.52. The summed E-state index contributed by atoms with van der Waals surface area (Å²) in [7, 11) is -1.36. The van der Waals surface area contributed by atoms with Gasteiger partial charge in [-0.3, -0.25) is 4.68 Å². The molecular weight excluding hydrogens is 278 g/mol. The summed E-state index contributed by atoms with van der Waals surface area (Å²) in [5.74, 6) is 0.712. The Balaban J connectivity index is 2.45. The zero-order valence-corrected chi connectivity index (χ0v) is 12.5. The van der Waals surface area contributed by atoms with Crippen molar-refractivity contribution < 1.29 is 8.42 Å². The molecule has 0 aliphatic rings. The van der Waals surface area contributed by atoms with Crippen LogP contribution in [0.1, 0.15) is 12.7 Å². The third kappa shape index (κ3) is 3.77. The van der Waals surface area contributed by atoms with E-state index in [0.717, 1.165) is 5.56 Å². The first kappa shape index (κ1) is 14.4. The molecule has 0 saturated heterocycles. The van der Waals surface area contributed by atoms with Crippen molar-refractivity contribution in [1.29, 1.82) is 0 Å². The first-order valence-corrected chi connectivity index (χ1v) is 8.22. The summed E-state index contributed by atoms with van der Waals surface area (Å²) >= 11 is 0. The van der Waals surface area contributed by atoms with Gasteiger partial charge < -0.3 is 5.32 Å². The first-order chi connectivity index (χ1) is 9.37. The minimum Gasteiger partial charge on any atom is -0.370 e. The highest BCUT2D eigenvalue weighted by Crippen LogP contribution is 2.19. The van der Waals surface area contributed by atoms with Gasteiger partial charge in [0.2, 0.25) is 0 Å². The SMILES string of the molecule is CCNc1cc(-c2cnn(C)c2)nc(CS(C)(=O)=O)n1. The predicted molar refractivity (Wildman–Crippen MR) is 76.9 cm³/mol. The Morgan fingerprint density at radius 3 is 2.65 bits per heavy atom. The quantitative estimate of drug-likeness (QED) is 0.879. The molecule has 0 atom stereocenters. The smallest absolute Gasteiger partial charge is 0.154 e. The largest absolute Gasteiger partial charge is 0.370 e. The summed E-state index contributed by atoms with van der Waals surface area (Å²) in [4.78, 5) is 8.51. The van der Waals surface area contributed by atoms with Gasteiger partial charge in [-0.2, -0.15) is 5.10 Å². The average Bonchev–Trinajstić information content (AvgIpc) is 2.74. The lowest BCUT2D eigenvalue weighted by Gasteiger charge is -2.07. The van der Waals surface area contributed by atoms with E-state index in [1.165, 1.54) is 6.26 Å². The maximum atomic E-state index is 11.4. The van der Waals surface area contributed by atoms with Crippen molar-refractivity contribution in [2.45, 2.75) is 12.7 Å². The molecule has 1 N–H and O–H groups in total. The molecule has 0 radical (unpaired) electrons. The minimum atomic E-state index is -3.18. The number of aromatic nitrogens is 4. The monoisotopic (exact) mass is 295 g/mol. The van der Waals surface area contributed by atoms with Crippen LogP contribution in [0.3, 0.4) is 0 Å². The van der Waals surface area contributed by atoms with Crippen LogP contribution in [-0.4, -0.2) is 41.0 Å². The van der Waals surface area contributed by atoms with Crippen molar-refractivity contribution in [1.82, 2.24) is 19.7 Å². The lowest BCUT2D eigenvalue weighted by Crippen LogP contribution is -2.09. The van der Waals surface area contributed by atoms with Gasteiger partial charge >= 0.3 is 0 Å². The molecular formula is C12H17N5O2S. The number of nitrogens with one attached hydrogen (secondary N) is 1. The fourth-order valence-electron chi connectivity index (χ4n) is 1.77. The molecule has 0 unspecified atom stereocenters. The lowest BCUT2D eigenvalue weighted by atomic mass is 10.2. The predicted octanol–water partition coefficient (Wildman–Crippen LogP) is 0.853. The topological polar surface area (TPSA) is 89.8 Å². The molecule has 8 heteroatoms. The average molecular weight is 295 g/mol. The van der Waals surface area contributed by atoms with Crippen molar-refractivity contribution >= 4 is 15.7 Å². The molecule has 20 heavy (non-hydrogen) atoms. The zero-order chi connectivity index (χ0) is 14.8. The molecule has 0 aliphatic heterocycles. The van der Waals surface area contributed by atoms with Crippen molar-refractivity contribution in [2.75, 3.05) is 18.1 Å². The van der Waals surface area contributed by atoms with Crippen LogP contribution in [-0.2, 0) is 22.6 Å². The fraction of sp³-hybridized carbons (Fsp3) is 0.417. The minimum absolute atomic E-state index is 0.181. The van der Waals surface area contributed by atoms with Crippen LogP contribution >= 0.6 is 0 Å². The molecule has 0 amide bonds. The van der Waals surface area contributed by atoms with Crippen LogP contribution in [0.2, 0.25) is 0 Å². The van der Waals surface area contributed by atoms with Gasteiger partial charge in [0.1, 0.15) is 17.4 Å². The van der Waals surface area contributed by atoms with Crippen LogP contribution < -0.4 is 5.32 Å². The number of rotatable bonds is 5. The number of hydrogen-bond acceptors (Lipinski definition) is 6. The van der Waals surface area contributed by atoms with Gasteiger partial charge in [0, 0.05) is 37.7 Å². The Kier molecular flexibility index (Phi) is 4.03. The molecule has 2 aromatic heterocycles. The molecule has 7 nitrogen and oxygen atoms in total. The van der Waals surface area contributed by atoms with E-state index in [-0.39, 0.29) is 11.6 Å². The van der Waals surface area contributed by atoms with Crippen LogP contribution in [0, 0.1) is 0 Å². The van der Waals surface area contributed by atoms with Gasteiger partial charge in [0.15, 0.2) is 9.84 Å². The highest BCUT2D eigenvalue weighted by atomic mass is 32.2. The highest BCUT2D eigenvalue weighted by Gasteiger charge is 2.12. The van der Waals surface area contributed by atoms with Crippen LogP contribution in [0.4, 0.5) is 5.82 Å². The lowest BCUT2D eigenvalue weighted by molar-refractivity contribution is 0.599. The summed E-state index contributed by atoms with van der Waals surface area (Å²) in [5, 5.41) is 7.17. The van der Waals surface area contributed by atoms with Crippen LogP contribution in [0.5, 0.6) is 0 Å². The number of anilines is 1. The molecule has 108 valence electrons. The maximum Gasteiger partial charge on any atom is 0.154 e. The normalized spacial score (nSPS) is 11.6. The summed E-state index contributed by atoms with van der Waals surface area (Å²) in [6, 6.07) is 1.78. The second-order valence-electron chi connectivity index (χ2n) is 4.56. The molecule has 0 fully saturated rings. The molecule has 0 spiro atoms. The van der Waals surface area contributed by atoms with Crippen LogP contribution in [0.15, 0.2) is 18.5 Å². The van der Waals surface area contributed by atoms with E-state index >= 15 is 0 Å². The van der Waals surface area contributed by atoms with Crippen molar-refractivity contribution in [3.63, 3.8) is 0 Å². The number of nitrogens with zero attached hydrogens (tertiary/aromatic N) is 4. The van der Waals surface area contributed by atoms with E-state index in [1.807, 2.05) is 20.2 Å². The molecule has 0 aliphatic carbocycles. The number of aryl methyl sites for hydroxylation is 1. The molecule has 2 rings (SSSR count). The van der Waals surface area contributed by atoms with Crippen molar-refractivity contribution in [3.8, 4) is 11.3 Å². The van der Waals surface area contributed by atoms with E-state index in [9.17, 15) is 8.42 Å². The standard InChI is InChI=1S/C12H17N5O2S/c1-4-13-11-5-10(9-6-14-17(2)7-9)15-12(16-11)8-20(3,18)19/h5-7H,4,8H2,1-3H3,(H,13,15,16). The van der Waals surface area contributed by atoms with E-state index in [0.29, 0.717) is 18.1 Å². The first-order valence-electron chi connectivity index (χ1n) is 6.16. The molecule has 0 saturated carbocycles. The molecule has 2 aromatic rings. The molecule has 2 heterocycles. The maximum absolute atomic E-state index is 11.4. The Morgan fingerprint density at radius 2 is 2.10 bits per heavy atom. The highest BCUT2D eigenvalue weighted by molar-refractivity contribution is 7.89. The van der Waals surface area contributed by atoms with Gasteiger partial charge in [-0.05, 0) is 6.92 Å². The Labute approximate surface area is 118 Å². The second-order valence-corrected chi connectivity index (χ2v) is 6.70. The summed E-state index contributed by atoms with van der Waals surface area (Å²) in [6.45, 7) is 2.64. The van der Waals surface area contributed by atoms with Crippen molar-refractivity contribution in [2.24, 2.45) is 7.05 Å². The summed E-state index contributed by atoms with van der Waals surface area (Å²) < 4.78 is 24.5.